The average molecular weight is 317 g/mol. The monoisotopic (exact) mass is 316 g/mol. The zero-order chi connectivity index (χ0) is 15.6. The van der Waals surface area contributed by atoms with Crippen molar-refractivity contribution in [3.05, 3.63) is 70.0 Å². The smallest absolute Gasteiger partial charge is 0.294 e. The van der Waals surface area contributed by atoms with Gasteiger partial charge in [-0.15, -0.1) is 0 Å². The fraction of sp³-hybridized carbons (Fsp3) is 0.133. The molecule has 0 unspecified atom stereocenters. The van der Waals surface area contributed by atoms with Crippen molar-refractivity contribution in [3.8, 4) is 0 Å². The van der Waals surface area contributed by atoms with Gasteiger partial charge in [0.25, 0.3) is 0 Å². The number of alkyl halides is 3. The van der Waals surface area contributed by atoms with Crippen LogP contribution < -0.4 is 0 Å². The molecule has 6 heteroatoms. The minimum atomic E-state index is -4.84. The molecule has 0 saturated carbocycles. The Hall–Kier alpha value is -1.88. The van der Waals surface area contributed by atoms with Crippen molar-refractivity contribution in [3.63, 3.8) is 0 Å². The van der Waals surface area contributed by atoms with Gasteiger partial charge in [0, 0.05) is 11.4 Å². The fourth-order valence-corrected chi connectivity index (χ4v) is 2.08. The topological polar surface area (TPSA) is 17.1 Å². The Labute approximate surface area is 123 Å². The molecule has 0 radical (unpaired) electrons. The first-order valence-corrected chi connectivity index (χ1v) is 6.31. The molecule has 2 aromatic carbocycles. The first kappa shape index (κ1) is 15.5. The summed E-state index contributed by atoms with van der Waals surface area (Å²) in [5, 5.41) is 0.304. The summed E-state index contributed by atoms with van der Waals surface area (Å²) in [6, 6.07) is 9.04. The molecular weight excluding hydrogens is 308 g/mol. The Morgan fingerprint density at radius 3 is 2.33 bits per heavy atom. The maximum atomic E-state index is 13.8. The van der Waals surface area contributed by atoms with E-state index in [0.717, 1.165) is 12.1 Å². The molecule has 0 amide bonds. The lowest BCUT2D eigenvalue weighted by Gasteiger charge is -2.11. The molecule has 0 spiro atoms. The lowest BCUT2D eigenvalue weighted by Crippen LogP contribution is -2.13. The molecule has 0 N–H and O–H groups in total. The predicted molar refractivity (Wildman–Crippen MR) is 70.9 cm³/mol. The highest BCUT2D eigenvalue weighted by atomic mass is 35.5. The van der Waals surface area contributed by atoms with Gasteiger partial charge in [-0.3, -0.25) is 4.79 Å². The molecule has 110 valence electrons. The van der Waals surface area contributed by atoms with Crippen LogP contribution in [0, 0.1) is 5.82 Å². The standard InChI is InChI=1S/C15H9ClF4O/c16-12-7-2-1-4-9(12)8-13(21)10-5-3-6-11(14(10)17)15(18,19)20/h1-7H,8H2. The van der Waals surface area contributed by atoms with Crippen LogP contribution in [0.1, 0.15) is 21.5 Å². The fourth-order valence-electron chi connectivity index (χ4n) is 1.88. The van der Waals surface area contributed by atoms with E-state index in [-0.39, 0.29) is 6.42 Å². The second kappa shape index (κ2) is 5.85. The van der Waals surface area contributed by atoms with Crippen LogP contribution in [0.25, 0.3) is 0 Å². The molecule has 0 aliphatic heterocycles. The Morgan fingerprint density at radius 2 is 1.71 bits per heavy atom. The average Bonchev–Trinajstić information content (AvgIpc) is 2.40. The van der Waals surface area contributed by atoms with E-state index in [2.05, 4.69) is 0 Å². The van der Waals surface area contributed by atoms with Crippen LogP contribution in [-0.2, 0) is 12.6 Å². The van der Waals surface area contributed by atoms with Gasteiger partial charge in [0.05, 0.1) is 11.1 Å². The van der Waals surface area contributed by atoms with Crippen molar-refractivity contribution in [1.82, 2.24) is 0 Å². The number of Topliss-reactive ketones (excluding diaryl/α,β-unsaturated/α-hetero) is 1. The summed E-state index contributed by atoms with van der Waals surface area (Å²) in [6.45, 7) is 0. The lowest BCUT2D eigenvalue weighted by atomic mass is 10.00. The van der Waals surface area contributed by atoms with E-state index in [0.29, 0.717) is 16.7 Å². The minimum Gasteiger partial charge on any atom is -0.294 e. The Balaban J connectivity index is 2.35. The van der Waals surface area contributed by atoms with Gasteiger partial charge in [-0.25, -0.2) is 4.39 Å². The molecule has 0 aromatic heterocycles. The van der Waals surface area contributed by atoms with Crippen LogP contribution in [0.15, 0.2) is 42.5 Å². The van der Waals surface area contributed by atoms with Gasteiger partial charge in [-0.2, -0.15) is 13.2 Å². The van der Waals surface area contributed by atoms with E-state index in [1.807, 2.05) is 0 Å². The third-order valence-corrected chi connectivity index (χ3v) is 3.28. The molecule has 1 nitrogen and oxygen atoms in total. The summed E-state index contributed by atoms with van der Waals surface area (Å²) >= 11 is 5.87. The van der Waals surface area contributed by atoms with Crippen molar-refractivity contribution < 1.29 is 22.4 Å². The first-order chi connectivity index (χ1) is 9.80. The van der Waals surface area contributed by atoms with Gasteiger partial charge in [0.15, 0.2) is 5.78 Å². The van der Waals surface area contributed by atoms with Gasteiger partial charge in [0.2, 0.25) is 0 Å². The SMILES string of the molecule is O=C(Cc1ccccc1Cl)c1cccc(C(F)(F)F)c1F. The van der Waals surface area contributed by atoms with Gasteiger partial charge >= 0.3 is 6.18 Å². The van der Waals surface area contributed by atoms with Crippen molar-refractivity contribution >= 4 is 17.4 Å². The van der Waals surface area contributed by atoms with E-state index in [1.54, 1.807) is 24.3 Å². The third kappa shape index (κ3) is 3.42. The first-order valence-electron chi connectivity index (χ1n) is 5.93. The highest BCUT2D eigenvalue weighted by Crippen LogP contribution is 2.32. The number of hydrogen-bond donors (Lipinski definition) is 0. The summed E-state index contributed by atoms with van der Waals surface area (Å²) in [5.41, 5.74) is -1.61. The number of carbonyl (C=O) groups excluding carboxylic acids is 1. The van der Waals surface area contributed by atoms with E-state index in [4.69, 9.17) is 11.6 Å². The normalized spacial score (nSPS) is 11.5. The van der Waals surface area contributed by atoms with E-state index in [9.17, 15) is 22.4 Å². The molecule has 0 fully saturated rings. The minimum absolute atomic E-state index is 0.266. The van der Waals surface area contributed by atoms with Gasteiger partial charge < -0.3 is 0 Å². The van der Waals surface area contributed by atoms with Gasteiger partial charge in [0.1, 0.15) is 5.82 Å². The van der Waals surface area contributed by atoms with Crippen LogP contribution in [0.3, 0.4) is 0 Å². The maximum Gasteiger partial charge on any atom is 0.419 e. The summed E-state index contributed by atoms with van der Waals surface area (Å²) < 4.78 is 51.7. The number of ketones is 1. The van der Waals surface area contributed by atoms with Crippen LogP contribution >= 0.6 is 11.6 Å². The van der Waals surface area contributed by atoms with Gasteiger partial charge in [-0.1, -0.05) is 35.9 Å². The van der Waals surface area contributed by atoms with Crippen molar-refractivity contribution in [2.75, 3.05) is 0 Å². The van der Waals surface area contributed by atoms with Crippen LogP contribution in [0.5, 0.6) is 0 Å². The molecule has 2 aromatic rings. The molecule has 0 saturated heterocycles. The molecule has 0 atom stereocenters. The van der Waals surface area contributed by atoms with Crippen molar-refractivity contribution in [2.24, 2.45) is 0 Å². The van der Waals surface area contributed by atoms with Crippen molar-refractivity contribution in [2.45, 2.75) is 12.6 Å². The number of halogens is 5. The molecular formula is C15H9ClF4O. The second-order valence-corrected chi connectivity index (χ2v) is 4.76. The summed E-state index contributed by atoms with van der Waals surface area (Å²) in [4.78, 5) is 12.0. The number of rotatable bonds is 3. The molecule has 21 heavy (non-hydrogen) atoms. The van der Waals surface area contributed by atoms with Crippen LogP contribution in [0.4, 0.5) is 17.6 Å². The van der Waals surface area contributed by atoms with E-state index >= 15 is 0 Å². The second-order valence-electron chi connectivity index (χ2n) is 4.36. The summed E-state index contributed by atoms with van der Waals surface area (Å²) in [6.07, 6.45) is -5.11. The largest absolute Gasteiger partial charge is 0.419 e. The highest BCUT2D eigenvalue weighted by molar-refractivity contribution is 6.31. The van der Waals surface area contributed by atoms with E-state index in [1.165, 1.54) is 0 Å². The van der Waals surface area contributed by atoms with Crippen LogP contribution in [-0.4, -0.2) is 5.78 Å². The van der Waals surface area contributed by atoms with Crippen molar-refractivity contribution in [1.29, 1.82) is 0 Å². The van der Waals surface area contributed by atoms with Crippen LogP contribution in [0.2, 0.25) is 5.02 Å². The summed E-state index contributed by atoms with van der Waals surface area (Å²) in [7, 11) is 0. The Kier molecular flexibility index (Phi) is 4.32. The molecule has 0 bridgehead atoms. The highest BCUT2D eigenvalue weighted by Gasteiger charge is 2.35. The number of hydrogen-bond acceptors (Lipinski definition) is 1. The zero-order valence-electron chi connectivity index (χ0n) is 10.5. The molecule has 0 aliphatic carbocycles. The Bertz CT molecular complexity index is 680. The summed E-state index contributed by atoms with van der Waals surface area (Å²) in [5.74, 6) is -2.31. The zero-order valence-corrected chi connectivity index (χ0v) is 11.3. The maximum absolute atomic E-state index is 13.8. The number of benzene rings is 2. The number of carbonyl (C=O) groups is 1. The predicted octanol–water partition coefficient (Wildman–Crippen LogP) is 4.92. The molecule has 2 rings (SSSR count). The quantitative estimate of drug-likeness (QED) is 0.580. The van der Waals surface area contributed by atoms with E-state index < -0.39 is 28.9 Å². The Morgan fingerprint density at radius 1 is 1.05 bits per heavy atom. The third-order valence-electron chi connectivity index (χ3n) is 2.91. The molecule has 0 aliphatic rings. The lowest BCUT2D eigenvalue weighted by molar-refractivity contribution is -0.140. The van der Waals surface area contributed by atoms with Gasteiger partial charge in [-0.05, 0) is 23.8 Å². The molecule has 0 heterocycles.